The first-order valence-corrected chi connectivity index (χ1v) is 10.3. The second kappa shape index (κ2) is 7.63. The van der Waals surface area contributed by atoms with Gasteiger partial charge in [0.05, 0.1) is 0 Å². The van der Waals surface area contributed by atoms with Gasteiger partial charge in [0.1, 0.15) is 5.82 Å². The third-order valence-electron chi connectivity index (χ3n) is 6.29. The second-order valence-electron chi connectivity index (χ2n) is 8.13. The Balaban J connectivity index is 1.30. The van der Waals surface area contributed by atoms with Crippen LogP contribution in [0.3, 0.4) is 0 Å². The highest BCUT2D eigenvalue weighted by Crippen LogP contribution is 2.36. The Morgan fingerprint density at radius 3 is 2.83 bits per heavy atom. The molecule has 0 N–H and O–H groups in total. The van der Waals surface area contributed by atoms with Gasteiger partial charge >= 0.3 is 0 Å². The number of carbonyl (C=O) groups excluding carboxylic acids is 2. The third kappa shape index (κ3) is 3.49. The van der Waals surface area contributed by atoms with Crippen LogP contribution in [-0.4, -0.2) is 47.5 Å². The molecule has 0 bridgehead atoms. The summed E-state index contributed by atoms with van der Waals surface area (Å²) in [5.74, 6) is 1.26. The van der Waals surface area contributed by atoms with Crippen molar-refractivity contribution < 1.29 is 23.5 Å². The molecule has 3 heterocycles. The summed E-state index contributed by atoms with van der Waals surface area (Å²) in [7, 11) is 0. The van der Waals surface area contributed by atoms with Crippen LogP contribution in [0.25, 0.3) is 0 Å². The molecule has 7 heteroatoms. The van der Waals surface area contributed by atoms with E-state index in [1.807, 2.05) is 23.1 Å². The van der Waals surface area contributed by atoms with Gasteiger partial charge in [-0.05, 0) is 54.7 Å². The molecule has 3 aliphatic rings. The SMILES string of the molecule is O=C(c1cccc(F)c1)N1CC[C@H]2[C@H](CCC(=O)N2Cc2ccc3c(c2)OCO3)C1. The van der Waals surface area contributed by atoms with Crippen LogP contribution < -0.4 is 9.47 Å². The minimum absolute atomic E-state index is 0.105. The fourth-order valence-electron chi connectivity index (χ4n) is 4.78. The number of fused-ring (bicyclic) bond motifs is 2. The zero-order valence-electron chi connectivity index (χ0n) is 16.6. The molecular formula is C23H23FN2O4. The predicted octanol–water partition coefficient (Wildman–Crippen LogP) is 3.21. The Bertz CT molecular complexity index is 995. The van der Waals surface area contributed by atoms with Crippen molar-refractivity contribution in [3.05, 3.63) is 59.4 Å². The van der Waals surface area contributed by atoms with E-state index in [4.69, 9.17) is 9.47 Å². The second-order valence-corrected chi connectivity index (χ2v) is 8.13. The Labute approximate surface area is 174 Å². The smallest absolute Gasteiger partial charge is 0.253 e. The van der Waals surface area contributed by atoms with E-state index in [1.165, 1.54) is 12.1 Å². The summed E-state index contributed by atoms with van der Waals surface area (Å²) in [6, 6.07) is 11.7. The minimum Gasteiger partial charge on any atom is -0.454 e. The number of carbonyl (C=O) groups is 2. The lowest BCUT2D eigenvalue weighted by Gasteiger charge is -2.47. The van der Waals surface area contributed by atoms with Crippen LogP contribution >= 0.6 is 0 Å². The third-order valence-corrected chi connectivity index (χ3v) is 6.29. The van der Waals surface area contributed by atoms with Gasteiger partial charge in [-0.25, -0.2) is 4.39 Å². The number of likely N-dealkylation sites (tertiary alicyclic amines) is 2. The van der Waals surface area contributed by atoms with Gasteiger partial charge < -0.3 is 19.3 Å². The van der Waals surface area contributed by atoms with Gasteiger partial charge in [0, 0.05) is 37.7 Å². The van der Waals surface area contributed by atoms with Crippen molar-refractivity contribution in [3.63, 3.8) is 0 Å². The van der Waals surface area contributed by atoms with Crippen molar-refractivity contribution in [3.8, 4) is 11.5 Å². The average molecular weight is 410 g/mol. The minimum atomic E-state index is -0.408. The predicted molar refractivity (Wildman–Crippen MR) is 107 cm³/mol. The summed E-state index contributed by atoms with van der Waals surface area (Å²) < 4.78 is 24.3. The van der Waals surface area contributed by atoms with Gasteiger partial charge in [0.2, 0.25) is 12.7 Å². The Morgan fingerprint density at radius 2 is 1.97 bits per heavy atom. The molecule has 0 radical (unpaired) electrons. The molecule has 156 valence electrons. The molecule has 0 saturated carbocycles. The molecule has 5 rings (SSSR count). The lowest BCUT2D eigenvalue weighted by molar-refractivity contribution is -0.141. The van der Waals surface area contributed by atoms with Gasteiger partial charge in [-0.3, -0.25) is 9.59 Å². The molecular weight excluding hydrogens is 387 g/mol. The molecule has 2 aromatic rings. The summed E-state index contributed by atoms with van der Waals surface area (Å²) in [6.45, 7) is 1.89. The maximum absolute atomic E-state index is 13.5. The van der Waals surface area contributed by atoms with Gasteiger partial charge in [0.25, 0.3) is 5.91 Å². The van der Waals surface area contributed by atoms with Crippen LogP contribution in [-0.2, 0) is 11.3 Å². The van der Waals surface area contributed by atoms with E-state index in [0.717, 1.165) is 24.2 Å². The standard InChI is InChI=1S/C23H23FN2O4/c24-18-3-1-2-16(11-18)23(28)25-9-8-19-17(13-25)5-7-22(27)26(19)12-15-4-6-20-21(10-15)30-14-29-20/h1-4,6,10-11,17,19H,5,7-9,12-14H2/t17-,19+/m1/s1. The normalized spacial score (nSPS) is 22.8. The maximum atomic E-state index is 13.5. The number of rotatable bonds is 3. The van der Waals surface area contributed by atoms with Crippen LogP contribution in [0.5, 0.6) is 11.5 Å². The summed E-state index contributed by atoms with van der Waals surface area (Å²) in [5, 5.41) is 0. The molecule has 2 atom stereocenters. The summed E-state index contributed by atoms with van der Waals surface area (Å²) >= 11 is 0. The monoisotopic (exact) mass is 410 g/mol. The van der Waals surface area contributed by atoms with E-state index in [-0.39, 0.29) is 30.6 Å². The van der Waals surface area contributed by atoms with E-state index >= 15 is 0 Å². The summed E-state index contributed by atoms with van der Waals surface area (Å²) in [5.41, 5.74) is 1.38. The first-order chi connectivity index (χ1) is 14.6. The lowest BCUT2D eigenvalue weighted by Crippen LogP contribution is -2.56. The van der Waals surface area contributed by atoms with Crippen molar-refractivity contribution >= 4 is 11.8 Å². The first kappa shape index (κ1) is 18.9. The molecule has 3 aliphatic heterocycles. The molecule has 6 nitrogen and oxygen atoms in total. The average Bonchev–Trinajstić information content (AvgIpc) is 3.23. The van der Waals surface area contributed by atoms with Gasteiger partial charge in [-0.15, -0.1) is 0 Å². The lowest BCUT2D eigenvalue weighted by atomic mass is 9.83. The van der Waals surface area contributed by atoms with Crippen LogP contribution in [0.2, 0.25) is 0 Å². The Morgan fingerprint density at radius 1 is 1.10 bits per heavy atom. The highest BCUT2D eigenvalue weighted by Gasteiger charge is 2.40. The topological polar surface area (TPSA) is 59.1 Å². The van der Waals surface area contributed by atoms with Crippen molar-refractivity contribution in [1.29, 1.82) is 0 Å². The largest absolute Gasteiger partial charge is 0.454 e. The molecule has 30 heavy (non-hydrogen) atoms. The van der Waals surface area contributed by atoms with Gasteiger partial charge in [-0.1, -0.05) is 12.1 Å². The Kier molecular flexibility index (Phi) is 4.81. The van der Waals surface area contributed by atoms with E-state index < -0.39 is 5.82 Å². The van der Waals surface area contributed by atoms with Crippen molar-refractivity contribution in [2.24, 2.45) is 5.92 Å². The van der Waals surface area contributed by atoms with Crippen molar-refractivity contribution in [2.45, 2.75) is 31.8 Å². The van der Waals surface area contributed by atoms with E-state index in [0.29, 0.717) is 37.4 Å². The quantitative estimate of drug-likeness (QED) is 0.780. The van der Waals surface area contributed by atoms with Gasteiger partial charge in [0.15, 0.2) is 11.5 Å². The fraction of sp³-hybridized carbons (Fsp3) is 0.391. The summed E-state index contributed by atoms with van der Waals surface area (Å²) in [6.07, 6.45) is 1.98. The molecule has 2 saturated heterocycles. The number of hydrogen-bond donors (Lipinski definition) is 0. The molecule has 0 unspecified atom stereocenters. The molecule has 2 amide bonds. The van der Waals surface area contributed by atoms with Crippen LogP contribution in [0.1, 0.15) is 35.2 Å². The number of piperidine rings is 2. The van der Waals surface area contributed by atoms with E-state index in [1.54, 1.807) is 17.0 Å². The number of nitrogens with zero attached hydrogens (tertiary/aromatic N) is 2. The van der Waals surface area contributed by atoms with E-state index in [2.05, 4.69) is 0 Å². The highest BCUT2D eigenvalue weighted by atomic mass is 19.1. The number of amides is 2. The highest BCUT2D eigenvalue weighted by molar-refractivity contribution is 5.94. The van der Waals surface area contributed by atoms with Crippen LogP contribution in [0.15, 0.2) is 42.5 Å². The van der Waals surface area contributed by atoms with Crippen molar-refractivity contribution in [1.82, 2.24) is 9.80 Å². The maximum Gasteiger partial charge on any atom is 0.253 e. The summed E-state index contributed by atoms with van der Waals surface area (Å²) in [4.78, 5) is 29.3. The molecule has 2 fully saturated rings. The number of halogens is 1. The number of benzene rings is 2. The van der Waals surface area contributed by atoms with Crippen molar-refractivity contribution in [2.75, 3.05) is 19.9 Å². The molecule has 0 spiro atoms. The molecule has 0 aliphatic carbocycles. The zero-order chi connectivity index (χ0) is 20.7. The number of hydrogen-bond acceptors (Lipinski definition) is 4. The Hall–Kier alpha value is -3.09. The van der Waals surface area contributed by atoms with Crippen LogP contribution in [0, 0.1) is 11.7 Å². The van der Waals surface area contributed by atoms with Crippen LogP contribution in [0.4, 0.5) is 4.39 Å². The van der Waals surface area contributed by atoms with Gasteiger partial charge in [-0.2, -0.15) is 0 Å². The van der Waals surface area contributed by atoms with E-state index in [9.17, 15) is 14.0 Å². The molecule has 2 aromatic carbocycles. The first-order valence-electron chi connectivity index (χ1n) is 10.3. The number of ether oxygens (including phenoxy) is 2. The molecule has 0 aromatic heterocycles. The zero-order valence-corrected chi connectivity index (χ0v) is 16.6. The fourth-order valence-corrected chi connectivity index (χ4v) is 4.78.